The Morgan fingerprint density at radius 2 is 1.40 bits per heavy atom. The highest BCUT2D eigenvalue weighted by Crippen LogP contribution is 2.25. The number of allylic oxidation sites excluding steroid dienone is 1. The van der Waals surface area contributed by atoms with Crippen molar-refractivity contribution in [1.82, 2.24) is 9.80 Å². The second-order valence-electron chi connectivity index (χ2n) is 6.82. The predicted molar refractivity (Wildman–Crippen MR) is 92.1 cm³/mol. The molecular formula is C17H34N2Si. The van der Waals surface area contributed by atoms with Gasteiger partial charge in [-0.25, -0.2) is 0 Å². The highest BCUT2D eigenvalue weighted by Gasteiger charge is 2.28. The van der Waals surface area contributed by atoms with Gasteiger partial charge in [-0.1, -0.05) is 25.8 Å². The third kappa shape index (κ3) is 5.01. The molecule has 116 valence electrons. The average molecular weight is 295 g/mol. The van der Waals surface area contributed by atoms with Crippen molar-refractivity contribution < 1.29 is 0 Å². The summed E-state index contributed by atoms with van der Waals surface area (Å²) in [5.74, 6) is 0.828. The molecule has 0 radical (unpaired) electrons. The molecule has 0 N–H and O–H groups in total. The number of nitrogens with zero attached hydrogens (tertiary/aromatic N) is 2. The lowest BCUT2D eigenvalue weighted by Crippen LogP contribution is -2.52. The highest BCUT2D eigenvalue weighted by molar-refractivity contribution is 6.16. The minimum absolute atomic E-state index is 0.730. The lowest BCUT2D eigenvalue weighted by Gasteiger charge is -2.44. The smallest absolute Gasteiger partial charge is 0.0625 e. The fourth-order valence-electron chi connectivity index (χ4n) is 3.79. The minimum atomic E-state index is 0.730. The molecule has 0 amide bonds. The van der Waals surface area contributed by atoms with Gasteiger partial charge < -0.3 is 0 Å². The monoisotopic (exact) mass is 294 g/mol. The van der Waals surface area contributed by atoms with Crippen LogP contribution in [0.5, 0.6) is 0 Å². The lowest BCUT2D eigenvalue weighted by molar-refractivity contribution is 0.00359. The maximum Gasteiger partial charge on any atom is 0.0625 e. The molecule has 0 aliphatic carbocycles. The molecule has 1 unspecified atom stereocenters. The van der Waals surface area contributed by atoms with E-state index in [1.165, 1.54) is 87.8 Å². The molecule has 2 aliphatic heterocycles. The van der Waals surface area contributed by atoms with Gasteiger partial charge in [0.25, 0.3) is 0 Å². The van der Waals surface area contributed by atoms with E-state index >= 15 is 0 Å². The first-order chi connectivity index (χ1) is 9.81. The number of hydrogen-bond donors (Lipinski definition) is 0. The standard InChI is InChI=1S/C17H34N2Si/c1-16(9-8-14-20)15-17(18-10-4-2-5-11-18)19-12-6-3-7-13-19/h8,14,16-17H,2-7,9-13,15H2,1,20H3. The first kappa shape index (κ1) is 16.3. The molecule has 2 rings (SSSR count). The third-order valence-corrected chi connectivity index (χ3v) is 5.48. The molecule has 2 saturated heterocycles. The van der Waals surface area contributed by atoms with E-state index in [1.807, 2.05) is 0 Å². The van der Waals surface area contributed by atoms with Gasteiger partial charge in [-0.15, -0.1) is 5.70 Å². The van der Waals surface area contributed by atoms with Crippen LogP contribution in [0.4, 0.5) is 0 Å². The molecule has 1 atom stereocenters. The Morgan fingerprint density at radius 1 is 0.900 bits per heavy atom. The van der Waals surface area contributed by atoms with E-state index < -0.39 is 0 Å². The van der Waals surface area contributed by atoms with Gasteiger partial charge in [0.15, 0.2) is 0 Å². The summed E-state index contributed by atoms with van der Waals surface area (Å²) >= 11 is 0. The van der Waals surface area contributed by atoms with E-state index in [9.17, 15) is 0 Å². The summed E-state index contributed by atoms with van der Waals surface area (Å²) in [4.78, 5) is 5.60. The van der Waals surface area contributed by atoms with E-state index in [0.717, 1.165) is 12.1 Å². The van der Waals surface area contributed by atoms with E-state index in [-0.39, 0.29) is 0 Å². The Morgan fingerprint density at radius 3 is 1.85 bits per heavy atom. The van der Waals surface area contributed by atoms with Gasteiger partial charge in [-0.2, -0.15) is 0 Å². The summed E-state index contributed by atoms with van der Waals surface area (Å²) in [7, 11) is 1.21. The first-order valence-electron chi connectivity index (χ1n) is 8.90. The maximum atomic E-state index is 2.80. The van der Waals surface area contributed by atoms with E-state index in [1.54, 1.807) is 0 Å². The predicted octanol–water partition coefficient (Wildman–Crippen LogP) is 2.58. The van der Waals surface area contributed by atoms with Gasteiger partial charge in [0.05, 0.1) is 6.17 Å². The van der Waals surface area contributed by atoms with Crippen molar-refractivity contribution in [1.29, 1.82) is 0 Å². The largest absolute Gasteiger partial charge is 0.288 e. The Balaban J connectivity index is 1.94. The third-order valence-electron chi connectivity index (χ3n) is 5.01. The van der Waals surface area contributed by atoms with Crippen molar-refractivity contribution >= 4 is 10.2 Å². The van der Waals surface area contributed by atoms with Gasteiger partial charge in [0.2, 0.25) is 0 Å². The van der Waals surface area contributed by atoms with Crippen LogP contribution in [0.15, 0.2) is 11.8 Å². The zero-order valence-electron chi connectivity index (χ0n) is 13.7. The van der Waals surface area contributed by atoms with Crippen LogP contribution in [0.1, 0.15) is 58.3 Å². The second-order valence-corrected chi connectivity index (χ2v) is 7.49. The number of hydrogen-bond acceptors (Lipinski definition) is 2. The molecule has 2 nitrogen and oxygen atoms in total. The van der Waals surface area contributed by atoms with E-state index in [4.69, 9.17) is 0 Å². The molecule has 2 fully saturated rings. The van der Waals surface area contributed by atoms with Crippen LogP contribution in [0.3, 0.4) is 0 Å². The SMILES string of the molecule is CC(CC=C[SiH3])CC(N1CCCCC1)N1CCCCC1. The Labute approximate surface area is 129 Å². The zero-order valence-corrected chi connectivity index (χ0v) is 15.7. The van der Waals surface area contributed by atoms with Gasteiger partial charge in [-0.05, 0) is 70.6 Å². The van der Waals surface area contributed by atoms with Crippen molar-refractivity contribution in [3.8, 4) is 0 Å². The van der Waals surface area contributed by atoms with Crippen molar-refractivity contribution in [2.45, 2.75) is 64.5 Å². The molecule has 0 bridgehead atoms. The van der Waals surface area contributed by atoms with Crippen LogP contribution in [-0.4, -0.2) is 52.4 Å². The fourth-order valence-corrected chi connectivity index (χ4v) is 4.06. The molecule has 0 saturated carbocycles. The van der Waals surface area contributed by atoms with Crippen LogP contribution >= 0.6 is 0 Å². The minimum Gasteiger partial charge on any atom is -0.288 e. The summed E-state index contributed by atoms with van der Waals surface area (Å²) < 4.78 is 0. The van der Waals surface area contributed by atoms with Crippen molar-refractivity contribution in [3.05, 3.63) is 11.8 Å². The molecular weight excluding hydrogens is 260 g/mol. The van der Waals surface area contributed by atoms with Gasteiger partial charge in [0, 0.05) is 10.2 Å². The van der Waals surface area contributed by atoms with E-state index in [2.05, 4.69) is 28.5 Å². The summed E-state index contributed by atoms with van der Waals surface area (Å²) in [6, 6.07) is 0. The normalized spacial score (nSPS) is 24.7. The molecule has 0 aromatic carbocycles. The summed E-state index contributed by atoms with van der Waals surface area (Å²) in [6.07, 6.45) is 14.3. The van der Waals surface area contributed by atoms with Gasteiger partial charge >= 0.3 is 0 Å². The molecule has 0 aromatic rings. The summed E-state index contributed by atoms with van der Waals surface area (Å²) in [6.45, 7) is 7.80. The second kappa shape index (κ2) is 9.01. The van der Waals surface area contributed by atoms with Gasteiger partial charge in [-0.3, -0.25) is 9.80 Å². The van der Waals surface area contributed by atoms with Gasteiger partial charge in [0.1, 0.15) is 0 Å². The summed E-state index contributed by atoms with van der Waals surface area (Å²) in [5.41, 5.74) is 2.34. The van der Waals surface area contributed by atoms with Crippen molar-refractivity contribution in [2.24, 2.45) is 5.92 Å². The molecule has 2 heterocycles. The maximum absolute atomic E-state index is 2.80. The quantitative estimate of drug-likeness (QED) is 0.695. The number of rotatable bonds is 6. The molecule has 2 aliphatic rings. The Hall–Kier alpha value is -0.123. The fraction of sp³-hybridized carbons (Fsp3) is 0.882. The molecule has 3 heteroatoms. The van der Waals surface area contributed by atoms with Crippen LogP contribution in [0.2, 0.25) is 0 Å². The Bertz CT molecular complexity index is 263. The Kier molecular flexibility index (Phi) is 7.32. The van der Waals surface area contributed by atoms with E-state index in [0.29, 0.717) is 0 Å². The molecule has 20 heavy (non-hydrogen) atoms. The highest BCUT2D eigenvalue weighted by atomic mass is 28.1. The topological polar surface area (TPSA) is 6.48 Å². The lowest BCUT2D eigenvalue weighted by atomic mass is 9.97. The summed E-state index contributed by atoms with van der Waals surface area (Å²) in [5, 5.41) is 0. The van der Waals surface area contributed by atoms with Crippen LogP contribution < -0.4 is 0 Å². The molecule has 0 aromatic heterocycles. The van der Waals surface area contributed by atoms with Crippen LogP contribution in [0.25, 0.3) is 0 Å². The first-order valence-corrected chi connectivity index (χ1v) is 10.1. The average Bonchev–Trinajstić information content (AvgIpc) is 2.52. The van der Waals surface area contributed by atoms with Crippen molar-refractivity contribution in [3.63, 3.8) is 0 Å². The van der Waals surface area contributed by atoms with Crippen LogP contribution in [-0.2, 0) is 0 Å². The van der Waals surface area contributed by atoms with Crippen LogP contribution in [0, 0.1) is 5.92 Å². The number of likely N-dealkylation sites (tertiary alicyclic amines) is 2. The molecule has 0 spiro atoms. The van der Waals surface area contributed by atoms with Crippen molar-refractivity contribution in [2.75, 3.05) is 26.2 Å². The number of piperidine rings is 2. The zero-order chi connectivity index (χ0) is 14.2.